The molecule has 0 bridgehead atoms. The molecule has 6 heteroatoms. The van der Waals surface area contributed by atoms with Crippen LogP contribution >= 0.6 is 11.6 Å². The van der Waals surface area contributed by atoms with E-state index in [2.05, 4.69) is 5.32 Å². The molecule has 140 valence electrons. The molecule has 3 aromatic rings. The van der Waals surface area contributed by atoms with Crippen molar-refractivity contribution in [2.24, 2.45) is 0 Å². The van der Waals surface area contributed by atoms with Gasteiger partial charge in [-0.05, 0) is 60.2 Å². The van der Waals surface area contributed by atoms with Crippen molar-refractivity contribution in [2.75, 3.05) is 16.8 Å². The summed E-state index contributed by atoms with van der Waals surface area (Å²) < 4.78 is 5.43. The van der Waals surface area contributed by atoms with Gasteiger partial charge < -0.3 is 15.0 Å². The van der Waals surface area contributed by atoms with Crippen molar-refractivity contribution in [1.82, 2.24) is 0 Å². The van der Waals surface area contributed by atoms with E-state index in [1.165, 1.54) is 0 Å². The molecule has 1 aliphatic heterocycles. The van der Waals surface area contributed by atoms with Gasteiger partial charge in [-0.15, -0.1) is 0 Å². The summed E-state index contributed by atoms with van der Waals surface area (Å²) in [6.45, 7) is 0.443. The van der Waals surface area contributed by atoms with Gasteiger partial charge in [0.05, 0.1) is 6.54 Å². The Bertz CT molecular complexity index is 1020. The fourth-order valence-electron chi connectivity index (χ4n) is 3.06. The molecule has 2 amide bonds. The van der Waals surface area contributed by atoms with Crippen molar-refractivity contribution in [3.05, 3.63) is 88.9 Å². The number of hydrogen-bond donors (Lipinski definition) is 1. The van der Waals surface area contributed by atoms with E-state index in [-0.39, 0.29) is 18.4 Å². The van der Waals surface area contributed by atoms with Crippen molar-refractivity contribution in [1.29, 1.82) is 0 Å². The Morgan fingerprint density at radius 3 is 2.43 bits per heavy atom. The standard InChI is InChI=1S/C22H17ClN2O3/c23-16-5-11-19(12-6-16)28-14-21(26)24-17-7-9-18(10-8-17)25-13-15-3-1-2-4-20(15)22(25)27/h1-12H,13-14H2,(H,24,26). The summed E-state index contributed by atoms with van der Waals surface area (Å²) in [6.07, 6.45) is 0. The van der Waals surface area contributed by atoms with Gasteiger partial charge in [-0.2, -0.15) is 0 Å². The fourth-order valence-corrected chi connectivity index (χ4v) is 3.19. The minimum atomic E-state index is -0.271. The Hall–Kier alpha value is -3.31. The normalized spacial score (nSPS) is 12.6. The van der Waals surface area contributed by atoms with Gasteiger partial charge in [0.15, 0.2) is 6.61 Å². The summed E-state index contributed by atoms with van der Waals surface area (Å²) >= 11 is 5.82. The molecule has 28 heavy (non-hydrogen) atoms. The highest BCUT2D eigenvalue weighted by molar-refractivity contribution is 6.30. The molecule has 3 aromatic carbocycles. The molecule has 0 unspecified atom stereocenters. The maximum atomic E-state index is 12.5. The van der Waals surface area contributed by atoms with Gasteiger partial charge in [0.2, 0.25) is 0 Å². The SMILES string of the molecule is O=C(COc1ccc(Cl)cc1)Nc1ccc(N2Cc3ccccc3C2=O)cc1. The number of rotatable bonds is 5. The molecule has 0 saturated carbocycles. The zero-order chi connectivity index (χ0) is 19.5. The van der Waals surface area contributed by atoms with Crippen molar-refractivity contribution < 1.29 is 14.3 Å². The Morgan fingerprint density at radius 1 is 1.00 bits per heavy atom. The third kappa shape index (κ3) is 3.85. The minimum absolute atomic E-state index is 0.0104. The lowest BCUT2D eigenvalue weighted by Crippen LogP contribution is -2.23. The van der Waals surface area contributed by atoms with E-state index in [0.29, 0.717) is 23.0 Å². The zero-order valence-corrected chi connectivity index (χ0v) is 15.6. The van der Waals surface area contributed by atoms with Crippen molar-refractivity contribution in [3.8, 4) is 5.75 Å². The van der Waals surface area contributed by atoms with Crippen LogP contribution in [-0.2, 0) is 11.3 Å². The van der Waals surface area contributed by atoms with Crippen molar-refractivity contribution >= 4 is 34.8 Å². The van der Waals surface area contributed by atoms with Crippen LogP contribution in [0.25, 0.3) is 0 Å². The average Bonchev–Trinajstić information content (AvgIpc) is 3.05. The lowest BCUT2D eigenvalue weighted by molar-refractivity contribution is -0.118. The lowest BCUT2D eigenvalue weighted by Gasteiger charge is -2.16. The molecule has 0 atom stereocenters. The van der Waals surface area contributed by atoms with Crippen LogP contribution in [0.4, 0.5) is 11.4 Å². The van der Waals surface area contributed by atoms with Crippen LogP contribution < -0.4 is 15.0 Å². The molecule has 5 nitrogen and oxygen atoms in total. The second-order valence-electron chi connectivity index (χ2n) is 6.39. The third-order valence-corrected chi connectivity index (χ3v) is 4.72. The number of amides is 2. The quantitative estimate of drug-likeness (QED) is 0.694. The van der Waals surface area contributed by atoms with Crippen molar-refractivity contribution in [2.45, 2.75) is 6.54 Å². The smallest absolute Gasteiger partial charge is 0.262 e. The van der Waals surface area contributed by atoms with Gasteiger partial charge in [0.1, 0.15) is 5.75 Å². The molecule has 0 fully saturated rings. The Labute approximate surface area is 167 Å². The Balaban J connectivity index is 1.35. The summed E-state index contributed by atoms with van der Waals surface area (Å²) in [7, 11) is 0. The van der Waals surface area contributed by atoms with Crippen LogP contribution in [0.15, 0.2) is 72.8 Å². The molecule has 0 aromatic heterocycles. The van der Waals surface area contributed by atoms with Gasteiger partial charge in [-0.25, -0.2) is 0 Å². The second kappa shape index (κ2) is 7.74. The molecule has 1 heterocycles. The molecular formula is C22H17ClN2O3. The summed E-state index contributed by atoms with van der Waals surface area (Å²) in [5.74, 6) is 0.290. The molecular weight excluding hydrogens is 376 g/mol. The van der Waals surface area contributed by atoms with Crippen LogP contribution in [-0.4, -0.2) is 18.4 Å². The van der Waals surface area contributed by atoms with E-state index in [4.69, 9.17) is 16.3 Å². The lowest BCUT2D eigenvalue weighted by atomic mass is 10.1. The highest BCUT2D eigenvalue weighted by Crippen LogP contribution is 2.28. The largest absolute Gasteiger partial charge is 0.484 e. The third-order valence-electron chi connectivity index (χ3n) is 4.47. The number of benzene rings is 3. The summed E-state index contributed by atoms with van der Waals surface area (Å²) in [5, 5.41) is 3.38. The zero-order valence-electron chi connectivity index (χ0n) is 14.9. The number of nitrogens with one attached hydrogen (secondary N) is 1. The van der Waals surface area contributed by atoms with E-state index in [9.17, 15) is 9.59 Å². The highest BCUT2D eigenvalue weighted by Gasteiger charge is 2.27. The number of hydrogen-bond acceptors (Lipinski definition) is 3. The van der Waals surface area contributed by atoms with Gasteiger partial charge >= 0.3 is 0 Å². The molecule has 1 aliphatic rings. The first-order valence-electron chi connectivity index (χ1n) is 8.78. The van der Waals surface area contributed by atoms with E-state index in [0.717, 1.165) is 16.8 Å². The maximum Gasteiger partial charge on any atom is 0.262 e. The van der Waals surface area contributed by atoms with Crippen LogP contribution in [0.1, 0.15) is 15.9 Å². The predicted octanol–water partition coefficient (Wildman–Crippen LogP) is 4.52. The highest BCUT2D eigenvalue weighted by atomic mass is 35.5. The Morgan fingerprint density at radius 2 is 1.71 bits per heavy atom. The van der Waals surface area contributed by atoms with E-state index >= 15 is 0 Å². The molecule has 0 spiro atoms. The van der Waals surface area contributed by atoms with Crippen LogP contribution in [0, 0.1) is 0 Å². The number of carbonyl (C=O) groups excluding carboxylic acids is 2. The molecule has 0 saturated heterocycles. The molecule has 1 N–H and O–H groups in total. The number of halogens is 1. The van der Waals surface area contributed by atoms with Crippen molar-refractivity contribution in [3.63, 3.8) is 0 Å². The first-order chi connectivity index (χ1) is 13.6. The minimum Gasteiger partial charge on any atom is -0.484 e. The first-order valence-corrected chi connectivity index (χ1v) is 9.16. The molecule has 4 rings (SSSR count). The summed E-state index contributed by atoms with van der Waals surface area (Å²) in [4.78, 5) is 26.3. The van der Waals surface area contributed by atoms with Gasteiger partial charge in [-0.1, -0.05) is 29.8 Å². The fraction of sp³-hybridized carbons (Fsp3) is 0.0909. The van der Waals surface area contributed by atoms with Crippen LogP contribution in [0.5, 0.6) is 5.75 Å². The van der Waals surface area contributed by atoms with Gasteiger partial charge in [0.25, 0.3) is 11.8 Å². The van der Waals surface area contributed by atoms with Crippen LogP contribution in [0.2, 0.25) is 5.02 Å². The van der Waals surface area contributed by atoms with E-state index < -0.39 is 0 Å². The monoisotopic (exact) mass is 392 g/mol. The number of carbonyl (C=O) groups is 2. The Kier molecular flexibility index (Phi) is 5.00. The average molecular weight is 393 g/mol. The summed E-state index contributed by atoms with van der Waals surface area (Å²) in [5.41, 5.74) is 3.18. The number of anilines is 2. The van der Waals surface area contributed by atoms with Crippen LogP contribution in [0.3, 0.4) is 0 Å². The number of ether oxygens (including phenoxy) is 1. The predicted molar refractivity (Wildman–Crippen MR) is 109 cm³/mol. The van der Waals surface area contributed by atoms with Gasteiger partial charge in [0, 0.05) is 22.0 Å². The number of nitrogens with zero attached hydrogens (tertiary/aromatic N) is 1. The van der Waals surface area contributed by atoms with Gasteiger partial charge in [-0.3, -0.25) is 9.59 Å². The molecule has 0 aliphatic carbocycles. The molecule has 0 radical (unpaired) electrons. The maximum absolute atomic E-state index is 12.5. The second-order valence-corrected chi connectivity index (χ2v) is 6.82. The van der Waals surface area contributed by atoms with E-state index in [1.54, 1.807) is 41.3 Å². The number of fused-ring (bicyclic) bond motifs is 1. The topological polar surface area (TPSA) is 58.6 Å². The first kappa shape index (κ1) is 18.1. The summed E-state index contributed by atoms with van der Waals surface area (Å²) in [6, 6.07) is 21.6. The van der Waals surface area contributed by atoms with E-state index in [1.807, 2.05) is 36.4 Å².